The van der Waals surface area contributed by atoms with Crippen LogP contribution in [0.1, 0.15) is 50.4 Å². The van der Waals surface area contributed by atoms with Crippen molar-refractivity contribution in [2.24, 2.45) is 11.8 Å². The second kappa shape index (κ2) is 10.5. The lowest BCUT2D eigenvalue weighted by molar-refractivity contribution is -0.138. The van der Waals surface area contributed by atoms with Gasteiger partial charge < -0.3 is 15.5 Å². The van der Waals surface area contributed by atoms with Gasteiger partial charge in [-0.3, -0.25) is 14.4 Å². The number of rotatable bonds is 7. The van der Waals surface area contributed by atoms with E-state index < -0.39 is 6.04 Å². The number of benzene rings is 1. The van der Waals surface area contributed by atoms with Gasteiger partial charge in [-0.1, -0.05) is 44.5 Å². The quantitative estimate of drug-likeness (QED) is 0.729. The first-order chi connectivity index (χ1) is 13.3. The van der Waals surface area contributed by atoms with E-state index in [1.54, 1.807) is 29.2 Å². The summed E-state index contributed by atoms with van der Waals surface area (Å²) in [4.78, 5) is 39.5. The highest BCUT2D eigenvalue weighted by Crippen LogP contribution is 2.20. The normalized spacial score (nSPS) is 16.0. The molecule has 1 atom stereocenters. The fourth-order valence-corrected chi connectivity index (χ4v) is 3.55. The van der Waals surface area contributed by atoms with Gasteiger partial charge in [0.25, 0.3) is 5.91 Å². The minimum atomic E-state index is -0.630. The number of amides is 3. The van der Waals surface area contributed by atoms with E-state index in [1.807, 2.05) is 20.8 Å². The Kier molecular flexibility index (Phi) is 8.30. The molecule has 0 aliphatic carbocycles. The number of hydrogen-bond acceptors (Lipinski definition) is 3. The molecule has 154 valence electrons. The average molecular weight is 408 g/mol. The zero-order valence-corrected chi connectivity index (χ0v) is 17.6. The van der Waals surface area contributed by atoms with Crippen LogP contribution in [0.15, 0.2) is 24.3 Å². The van der Waals surface area contributed by atoms with Gasteiger partial charge in [-0.05, 0) is 37.3 Å². The maximum atomic E-state index is 13.0. The second-order valence-electron chi connectivity index (χ2n) is 7.57. The van der Waals surface area contributed by atoms with Crippen LogP contribution < -0.4 is 10.6 Å². The van der Waals surface area contributed by atoms with E-state index >= 15 is 0 Å². The van der Waals surface area contributed by atoms with Gasteiger partial charge in [-0.25, -0.2) is 0 Å². The van der Waals surface area contributed by atoms with Crippen molar-refractivity contribution in [3.05, 3.63) is 34.9 Å². The molecular formula is C21H30ClN3O3. The van der Waals surface area contributed by atoms with Crippen LogP contribution in [-0.4, -0.2) is 48.3 Å². The highest BCUT2D eigenvalue weighted by atomic mass is 35.5. The van der Waals surface area contributed by atoms with Crippen LogP contribution in [0.3, 0.4) is 0 Å². The number of likely N-dealkylation sites (tertiary alicyclic amines) is 1. The molecule has 0 spiro atoms. The summed E-state index contributed by atoms with van der Waals surface area (Å²) in [5.41, 5.74) is 0.355. The van der Waals surface area contributed by atoms with Gasteiger partial charge in [0.2, 0.25) is 11.8 Å². The molecule has 2 rings (SSSR count). The monoisotopic (exact) mass is 407 g/mol. The first-order valence-corrected chi connectivity index (χ1v) is 10.3. The van der Waals surface area contributed by atoms with E-state index in [4.69, 9.17) is 11.6 Å². The Labute approximate surface area is 172 Å². The zero-order chi connectivity index (χ0) is 20.7. The molecule has 2 N–H and O–H groups in total. The van der Waals surface area contributed by atoms with Crippen LogP contribution in [0.25, 0.3) is 0 Å². The lowest BCUT2D eigenvalue weighted by atomic mass is 9.94. The number of piperidine rings is 1. The molecule has 1 aliphatic rings. The summed E-state index contributed by atoms with van der Waals surface area (Å²) in [6.07, 6.45) is 2.19. The molecule has 7 heteroatoms. The predicted molar refractivity (Wildman–Crippen MR) is 110 cm³/mol. The van der Waals surface area contributed by atoms with Crippen LogP contribution in [0, 0.1) is 11.8 Å². The number of carbonyl (C=O) groups is 3. The molecule has 1 saturated heterocycles. The number of nitrogens with zero attached hydrogens (tertiary/aromatic N) is 1. The molecule has 1 fully saturated rings. The van der Waals surface area contributed by atoms with Crippen LogP contribution in [0.5, 0.6) is 0 Å². The molecule has 0 saturated carbocycles. The lowest BCUT2D eigenvalue weighted by Crippen LogP contribution is -2.53. The van der Waals surface area contributed by atoms with Gasteiger partial charge in [0, 0.05) is 25.6 Å². The van der Waals surface area contributed by atoms with Crippen molar-refractivity contribution >= 4 is 29.3 Å². The topological polar surface area (TPSA) is 78.5 Å². The minimum Gasteiger partial charge on any atom is -0.356 e. The van der Waals surface area contributed by atoms with E-state index in [0.29, 0.717) is 43.1 Å². The number of halogens is 1. The summed E-state index contributed by atoms with van der Waals surface area (Å²) in [5.74, 6) is -0.508. The van der Waals surface area contributed by atoms with E-state index in [2.05, 4.69) is 10.6 Å². The van der Waals surface area contributed by atoms with Crippen molar-refractivity contribution in [3.63, 3.8) is 0 Å². The molecule has 1 aliphatic heterocycles. The van der Waals surface area contributed by atoms with Crippen LogP contribution in [0.4, 0.5) is 0 Å². The molecule has 1 aromatic rings. The third kappa shape index (κ3) is 5.71. The maximum absolute atomic E-state index is 13.0. The largest absolute Gasteiger partial charge is 0.356 e. The Morgan fingerprint density at radius 2 is 1.82 bits per heavy atom. The highest BCUT2D eigenvalue weighted by Gasteiger charge is 2.33. The molecule has 1 aromatic carbocycles. The Bertz CT molecular complexity index is 700. The van der Waals surface area contributed by atoms with Crippen molar-refractivity contribution < 1.29 is 14.4 Å². The summed E-state index contributed by atoms with van der Waals surface area (Å²) in [7, 11) is 0. The van der Waals surface area contributed by atoms with E-state index in [-0.39, 0.29) is 29.6 Å². The average Bonchev–Trinajstić information content (AvgIpc) is 2.69. The first kappa shape index (κ1) is 22.2. The molecule has 28 heavy (non-hydrogen) atoms. The zero-order valence-electron chi connectivity index (χ0n) is 16.8. The lowest BCUT2D eigenvalue weighted by Gasteiger charge is -2.35. The van der Waals surface area contributed by atoms with Crippen molar-refractivity contribution in [2.75, 3.05) is 19.6 Å². The molecule has 3 amide bonds. The van der Waals surface area contributed by atoms with Gasteiger partial charge in [0.05, 0.1) is 10.6 Å². The van der Waals surface area contributed by atoms with Gasteiger partial charge in [0.15, 0.2) is 0 Å². The summed E-state index contributed by atoms with van der Waals surface area (Å²) >= 11 is 6.10. The van der Waals surface area contributed by atoms with Crippen LogP contribution in [0.2, 0.25) is 5.02 Å². The summed E-state index contributed by atoms with van der Waals surface area (Å²) in [5, 5.41) is 6.12. The Hall–Kier alpha value is -2.08. The molecular weight excluding hydrogens is 378 g/mol. The fourth-order valence-electron chi connectivity index (χ4n) is 3.33. The molecule has 1 heterocycles. The predicted octanol–water partition coefficient (Wildman–Crippen LogP) is 2.86. The smallest absolute Gasteiger partial charge is 0.253 e. The fraction of sp³-hybridized carbons (Fsp3) is 0.571. The van der Waals surface area contributed by atoms with Crippen molar-refractivity contribution in [3.8, 4) is 0 Å². The van der Waals surface area contributed by atoms with Crippen molar-refractivity contribution in [2.45, 2.75) is 46.1 Å². The van der Waals surface area contributed by atoms with E-state index in [0.717, 1.165) is 6.42 Å². The summed E-state index contributed by atoms with van der Waals surface area (Å²) < 4.78 is 0. The third-order valence-corrected chi connectivity index (χ3v) is 5.39. The van der Waals surface area contributed by atoms with Gasteiger partial charge in [0.1, 0.15) is 6.04 Å². The van der Waals surface area contributed by atoms with E-state index in [1.165, 1.54) is 0 Å². The van der Waals surface area contributed by atoms with Gasteiger partial charge in [-0.15, -0.1) is 0 Å². The van der Waals surface area contributed by atoms with Gasteiger partial charge in [-0.2, -0.15) is 0 Å². The van der Waals surface area contributed by atoms with Crippen LogP contribution in [-0.2, 0) is 9.59 Å². The SMILES string of the molecule is CCCNC(=O)C1CCN(C(=O)C(NC(=O)c2ccccc2Cl)C(C)C)CC1. The number of carbonyl (C=O) groups excluding carboxylic acids is 3. The third-order valence-electron chi connectivity index (χ3n) is 5.06. The second-order valence-corrected chi connectivity index (χ2v) is 7.97. The minimum absolute atomic E-state index is 0.0502. The Balaban J connectivity index is 1.97. The standard InChI is InChI=1S/C21H30ClN3O3/c1-4-11-23-19(26)15-9-12-25(13-10-15)21(28)18(14(2)3)24-20(27)16-7-5-6-8-17(16)22/h5-8,14-15,18H,4,9-13H2,1-3H3,(H,23,26)(H,24,27). The Morgan fingerprint density at radius 1 is 1.18 bits per heavy atom. The molecule has 0 bridgehead atoms. The number of hydrogen-bond donors (Lipinski definition) is 2. The highest BCUT2D eigenvalue weighted by molar-refractivity contribution is 6.33. The maximum Gasteiger partial charge on any atom is 0.253 e. The van der Waals surface area contributed by atoms with Crippen molar-refractivity contribution in [1.82, 2.24) is 15.5 Å². The van der Waals surface area contributed by atoms with E-state index in [9.17, 15) is 14.4 Å². The molecule has 1 unspecified atom stereocenters. The Morgan fingerprint density at radius 3 is 2.39 bits per heavy atom. The van der Waals surface area contributed by atoms with Crippen LogP contribution >= 0.6 is 11.6 Å². The first-order valence-electron chi connectivity index (χ1n) is 9.97. The van der Waals surface area contributed by atoms with Crippen molar-refractivity contribution in [1.29, 1.82) is 0 Å². The summed E-state index contributed by atoms with van der Waals surface area (Å²) in [6.45, 7) is 7.55. The molecule has 6 nitrogen and oxygen atoms in total. The molecule has 0 radical (unpaired) electrons. The number of nitrogens with one attached hydrogen (secondary N) is 2. The molecule has 0 aromatic heterocycles. The summed E-state index contributed by atoms with van der Waals surface area (Å²) in [6, 6.07) is 6.15. The van der Waals surface area contributed by atoms with Gasteiger partial charge >= 0.3 is 0 Å².